The van der Waals surface area contributed by atoms with Crippen LogP contribution in [0.5, 0.6) is 0 Å². The molecule has 33 heavy (non-hydrogen) atoms. The number of H-pyrrole nitrogens is 1. The van der Waals surface area contributed by atoms with Gasteiger partial charge in [-0.3, -0.25) is 9.36 Å². The summed E-state index contributed by atoms with van der Waals surface area (Å²) in [6.07, 6.45) is 2.80. The van der Waals surface area contributed by atoms with Gasteiger partial charge in [0.1, 0.15) is 29.3 Å². The van der Waals surface area contributed by atoms with Crippen LogP contribution in [-0.4, -0.2) is 24.5 Å². The highest BCUT2D eigenvalue weighted by molar-refractivity contribution is 6.35. The molecule has 0 aliphatic carbocycles. The van der Waals surface area contributed by atoms with Crippen molar-refractivity contribution in [3.05, 3.63) is 87.6 Å². The van der Waals surface area contributed by atoms with Crippen molar-refractivity contribution >= 4 is 39.4 Å². The second kappa shape index (κ2) is 7.89. The fourth-order valence-corrected chi connectivity index (χ4v) is 3.99. The number of hydrogen-bond donors (Lipinski definition) is 2. The van der Waals surface area contributed by atoms with Crippen LogP contribution in [0.15, 0.2) is 53.8 Å². The predicted molar refractivity (Wildman–Crippen MR) is 118 cm³/mol. The Bertz CT molecular complexity index is 1600. The van der Waals surface area contributed by atoms with E-state index in [1.165, 1.54) is 18.7 Å². The number of hydrogen-bond acceptors (Lipinski definition) is 5. The summed E-state index contributed by atoms with van der Waals surface area (Å²) < 4.78 is 43.5. The number of imidazole rings is 1. The maximum absolute atomic E-state index is 14.8. The molecule has 166 valence electrons. The van der Waals surface area contributed by atoms with Gasteiger partial charge < -0.3 is 10.3 Å². The molecule has 0 amide bonds. The minimum absolute atomic E-state index is 0.118. The van der Waals surface area contributed by atoms with Crippen LogP contribution in [0.25, 0.3) is 27.6 Å². The number of aromatic nitrogens is 5. The largest absolute Gasteiger partial charge is 0.360 e. The summed E-state index contributed by atoms with van der Waals surface area (Å²) in [5.41, 5.74) is 0.321. The summed E-state index contributed by atoms with van der Waals surface area (Å²) >= 11 is 6.08. The van der Waals surface area contributed by atoms with Crippen molar-refractivity contribution in [1.82, 2.24) is 24.5 Å². The highest BCUT2D eigenvalue weighted by Crippen LogP contribution is 2.30. The Balaban J connectivity index is 1.76. The van der Waals surface area contributed by atoms with E-state index >= 15 is 0 Å². The Kier molecular flexibility index (Phi) is 5.01. The number of rotatable bonds is 4. The Morgan fingerprint density at radius 1 is 1.06 bits per heavy atom. The zero-order valence-corrected chi connectivity index (χ0v) is 17.7. The molecule has 2 aromatic carbocycles. The van der Waals surface area contributed by atoms with E-state index in [0.29, 0.717) is 34.1 Å². The maximum atomic E-state index is 14.8. The molecule has 0 unspecified atom stereocenters. The van der Waals surface area contributed by atoms with Crippen LogP contribution in [0, 0.1) is 17.5 Å². The minimum atomic E-state index is -0.964. The van der Waals surface area contributed by atoms with Crippen molar-refractivity contribution in [3.8, 4) is 5.69 Å². The molecule has 0 saturated carbocycles. The molecule has 11 heteroatoms. The number of aromatic amines is 1. The molecule has 0 aliphatic heterocycles. The topological polar surface area (TPSA) is 88.5 Å². The standard InChI is InChI=1S/C22H14ClF3N6O/c1-10(31-21-19-20(28-8-27-19)29-9-30-21)16-6-11-2-4-13(25)18(23)17(11)22(33)32(16)15-5-3-12(24)7-14(15)26/h2-10H,1H3,(H2,27,28,29,30,31)/t10-/m1/s1. The number of nitrogens with zero attached hydrogens (tertiary/aromatic N) is 4. The lowest BCUT2D eigenvalue weighted by atomic mass is 10.1. The van der Waals surface area contributed by atoms with Crippen molar-refractivity contribution in [1.29, 1.82) is 0 Å². The second-order valence-corrected chi connectivity index (χ2v) is 7.70. The van der Waals surface area contributed by atoms with Crippen LogP contribution in [-0.2, 0) is 0 Å². The lowest BCUT2D eigenvalue weighted by molar-refractivity contribution is 0.574. The van der Waals surface area contributed by atoms with E-state index < -0.39 is 29.1 Å². The molecule has 3 heterocycles. The third-order valence-corrected chi connectivity index (χ3v) is 5.64. The molecule has 2 N–H and O–H groups in total. The van der Waals surface area contributed by atoms with Crippen molar-refractivity contribution in [3.63, 3.8) is 0 Å². The van der Waals surface area contributed by atoms with Gasteiger partial charge in [-0.1, -0.05) is 17.7 Å². The van der Waals surface area contributed by atoms with Crippen LogP contribution < -0.4 is 10.9 Å². The fourth-order valence-electron chi connectivity index (χ4n) is 3.74. The van der Waals surface area contributed by atoms with Crippen LogP contribution in [0.4, 0.5) is 19.0 Å². The van der Waals surface area contributed by atoms with Gasteiger partial charge in [-0.2, -0.15) is 0 Å². The first-order valence-corrected chi connectivity index (χ1v) is 10.1. The number of nitrogens with one attached hydrogen (secondary N) is 2. The lowest BCUT2D eigenvalue weighted by Crippen LogP contribution is -2.26. The van der Waals surface area contributed by atoms with E-state index in [1.807, 2.05) is 0 Å². The molecule has 0 saturated heterocycles. The first kappa shape index (κ1) is 21.0. The van der Waals surface area contributed by atoms with Gasteiger partial charge >= 0.3 is 0 Å². The molecular weight excluding hydrogens is 457 g/mol. The summed E-state index contributed by atoms with van der Waals surface area (Å²) in [7, 11) is 0. The molecule has 0 spiro atoms. The summed E-state index contributed by atoms with van der Waals surface area (Å²) in [4.78, 5) is 28.8. The lowest BCUT2D eigenvalue weighted by Gasteiger charge is -2.22. The molecule has 0 bridgehead atoms. The highest BCUT2D eigenvalue weighted by Gasteiger charge is 2.22. The minimum Gasteiger partial charge on any atom is -0.360 e. The maximum Gasteiger partial charge on any atom is 0.264 e. The average Bonchev–Trinajstić information content (AvgIpc) is 3.27. The quantitative estimate of drug-likeness (QED) is 0.390. The second-order valence-electron chi connectivity index (χ2n) is 7.32. The molecule has 3 aromatic heterocycles. The highest BCUT2D eigenvalue weighted by atomic mass is 35.5. The first-order chi connectivity index (χ1) is 15.8. The van der Waals surface area contributed by atoms with Gasteiger partial charge in [0.05, 0.1) is 28.5 Å². The Morgan fingerprint density at radius 3 is 2.67 bits per heavy atom. The van der Waals surface area contributed by atoms with E-state index in [2.05, 4.69) is 25.3 Å². The summed E-state index contributed by atoms with van der Waals surface area (Å²) in [6, 6.07) is 6.36. The number of pyridine rings is 1. The SMILES string of the molecule is C[C@@H](Nc1ncnc2[nH]cnc12)c1cc2ccc(F)c(Cl)c2c(=O)n1-c1ccc(F)cc1F. The molecule has 1 atom stereocenters. The van der Waals surface area contributed by atoms with E-state index in [9.17, 15) is 18.0 Å². The predicted octanol–water partition coefficient (Wildman–Crippen LogP) is 4.90. The molecule has 0 fully saturated rings. The number of anilines is 1. The molecule has 5 aromatic rings. The van der Waals surface area contributed by atoms with Crippen LogP contribution in [0.2, 0.25) is 5.02 Å². The van der Waals surface area contributed by atoms with Crippen molar-refractivity contribution < 1.29 is 13.2 Å². The average molecular weight is 471 g/mol. The van der Waals surface area contributed by atoms with Crippen LogP contribution in [0.1, 0.15) is 18.7 Å². The van der Waals surface area contributed by atoms with Gasteiger partial charge in [-0.25, -0.2) is 28.1 Å². The summed E-state index contributed by atoms with van der Waals surface area (Å²) in [5, 5.41) is 3.01. The van der Waals surface area contributed by atoms with Gasteiger partial charge in [0.25, 0.3) is 5.56 Å². The van der Waals surface area contributed by atoms with Gasteiger partial charge in [-0.15, -0.1) is 0 Å². The Labute approximate surface area is 188 Å². The zero-order valence-electron chi connectivity index (χ0n) is 16.9. The van der Waals surface area contributed by atoms with Crippen molar-refractivity contribution in [2.45, 2.75) is 13.0 Å². The van der Waals surface area contributed by atoms with E-state index in [-0.39, 0.29) is 16.1 Å². The van der Waals surface area contributed by atoms with Gasteiger partial charge in [-0.05, 0) is 36.6 Å². The van der Waals surface area contributed by atoms with Crippen molar-refractivity contribution in [2.24, 2.45) is 0 Å². The zero-order chi connectivity index (χ0) is 23.3. The molecule has 0 radical (unpaired) electrons. The van der Waals surface area contributed by atoms with Crippen LogP contribution in [0.3, 0.4) is 0 Å². The van der Waals surface area contributed by atoms with E-state index in [4.69, 9.17) is 11.6 Å². The molecule has 0 aliphatic rings. The van der Waals surface area contributed by atoms with Crippen molar-refractivity contribution in [2.75, 3.05) is 5.32 Å². The first-order valence-electron chi connectivity index (χ1n) is 9.75. The van der Waals surface area contributed by atoms with Gasteiger partial charge in [0, 0.05) is 11.8 Å². The van der Waals surface area contributed by atoms with E-state index in [0.717, 1.165) is 22.8 Å². The Morgan fingerprint density at radius 2 is 1.88 bits per heavy atom. The number of benzene rings is 2. The molecule has 7 nitrogen and oxygen atoms in total. The number of halogens is 4. The third kappa shape index (κ3) is 3.48. The smallest absolute Gasteiger partial charge is 0.264 e. The molecule has 5 rings (SSSR count). The Hall–Kier alpha value is -3.92. The fraction of sp³-hybridized carbons (Fsp3) is 0.0909. The number of fused-ring (bicyclic) bond motifs is 2. The molecular formula is C22H14ClF3N6O. The monoisotopic (exact) mass is 470 g/mol. The van der Waals surface area contributed by atoms with E-state index in [1.54, 1.807) is 13.0 Å². The summed E-state index contributed by atoms with van der Waals surface area (Å²) in [6.45, 7) is 1.73. The van der Waals surface area contributed by atoms with Crippen LogP contribution >= 0.6 is 11.6 Å². The van der Waals surface area contributed by atoms with Gasteiger partial charge in [0.2, 0.25) is 0 Å². The van der Waals surface area contributed by atoms with Gasteiger partial charge in [0.15, 0.2) is 11.5 Å². The third-order valence-electron chi connectivity index (χ3n) is 5.27. The normalized spacial score (nSPS) is 12.4. The summed E-state index contributed by atoms with van der Waals surface area (Å²) in [5.74, 6) is -2.17.